The number of fused-ring (bicyclic) bond motifs is 1. The van der Waals surface area contributed by atoms with Gasteiger partial charge in [-0.15, -0.1) is 0 Å². The van der Waals surface area contributed by atoms with E-state index in [-0.39, 0.29) is 43.9 Å². The molecule has 3 aliphatic rings. The summed E-state index contributed by atoms with van der Waals surface area (Å²) >= 11 is 0. The molecule has 0 atom stereocenters. The number of carbonyl (C=O) groups is 1. The van der Waals surface area contributed by atoms with Gasteiger partial charge in [0.1, 0.15) is 11.6 Å². The van der Waals surface area contributed by atoms with E-state index in [4.69, 9.17) is 16.6 Å². The number of aliphatic hydroxyl groups excluding tert-OH is 1. The first-order valence-electron chi connectivity index (χ1n) is 9.79. The second-order valence-electron chi connectivity index (χ2n) is 7.56. The Morgan fingerprint density at radius 1 is 1.03 bits per heavy atom. The number of ketones is 1. The van der Waals surface area contributed by atoms with Crippen LogP contribution in [0.5, 0.6) is 0 Å². The lowest BCUT2D eigenvalue weighted by atomic mass is 9.95. The summed E-state index contributed by atoms with van der Waals surface area (Å²) in [5.74, 6) is -0.806. The number of hydrogen-bond donors (Lipinski definition) is 5. The molecule has 0 spiro atoms. The van der Waals surface area contributed by atoms with Gasteiger partial charge in [0.15, 0.2) is 5.78 Å². The number of carbonyl (C=O) groups excluding carboxylic acids is 1. The first kappa shape index (κ1) is 19.4. The maximum Gasteiger partial charge on any atom is 0.281 e. The number of nitrogen functional groups attached to an aromatic ring is 1. The van der Waals surface area contributed by atoms with Gasteiger partial charge in [0, 0.05) is 29.1 Å². The minimum Gasteiger partial charge on any atom is -0.507 e. The van der Waals surface area contributed by atoms with Gasteiger partial charge >= 0.3 is 0 Å². The van der Waals surface area contributed by atoms with Crippen LogP contribution >= 0.6 is 0 Å². The first-order valence-corrected chi connectivity index (χ1v) is 9.79. The van der Waals surface area contributed by atoms with Gasteiger partial charge in [-0.1, -0.05) is 36.4 Å². The minimum atomic E-state index is -0.690. The third-order valence-electron chi connectivity index (χ3n) is 5.66. The smallest absolute Gasteiger partial charge is 0.281 e. The molecule has 0 amide bonds. The van der Waals surface area contributed by atoms with Crippen molar-refractivity contribution in [3.05, 3.63) is 113 Å². The van der Waals surface area contributed by atoms with Crippen LogP contribution in [0.3, 0.4) is 0 Å². The summed E-state index contributed by atoms with van der Waals surface area (Å²) in [7, 11) is 0. The van der Waals surface area contributed by atoms with Crippen molar-refractivity contribution in [1.82, 2.24) is 10.3 Å². The number of aliphatic hydroxyl groups is 1. The molecule has 0 radical (unpaired) electrons. The highest BCUT2D eigenvalue weighted by Gasteiger charge is 2.20. The van der Waals surface area contributed by atoms with E-state index in [1.807, 2.05) is 18.3 Å². The molecule has 5 rings (SSSR count). The zero-order chi connectivity index (χ0) is 22.6. The number of nitrogens with one attached hydrogen (secondary N) is 3. The van der Waals surface area contributed by atoms with Crippen LogP contribution in [0.1, 0.15) is 27.0 Å². The third kappa shape index (κ3) is 2.81. The third-order valence-corrected chi connectivity index (χ3v) is 5.66. The van der Waals surface area contributed by atoms with E-state index in [1.54, 1.807) is 30.3 Å². The summed E-state index contributed by atoms with van der Waals surface area (Å²) in [6, 6.07) is 13.2. The minimum absolute atomic E-state index is 0.00101. The van der Waals surface area contributed by atoms with Gasteiger partial charge in [0.25, 0.3) is 5.56 Å². The lowest BCUT2D eigenvalue weighted by Gasteiger charge is -2.09. The molecule has 1 aliphatic carbocycles. The fourth-order valence-electron chi connectivity index (χ4n) is 4.07. The average Bonchev–Trinajstić information content (AvgIpc) is 3.38. The lowest BCUT2D eigenvalue weighted by Crippen LogP contribution is -2.25. The Labute approximate surface area is 180 Å². The summed E-state index contributed by atoms with van der Waals surface area (Å²) in [5, 5.41) is 31.8. The molecule has 0 saturated carbocycles. The molecule has 6 N–H and O–H groups in total. The molecule has 32 heavy (non-hydrogen) atoms. The zero-order valence-electron chi connectivity index (χ0n) is 16.7. The molecule has 2 aromatic carbocycles. The monoisotopic (exact) mass is 423 g/mol. The molecule has 8 nitrogen and oxygen atoms in total. The average molecular weight is 423 g/mol. The van der Waals surface area contributed by atoms with Crippen LogP contribution in [0, 0.1) is 21.3 Å². The molecular formula is C24H17N5O3. The van der Waals surface area contributed by atoms with Gasteiger partial charge in [0.2, 0.25) is 0 Å². The highest BCUT2D eigenvalue weighted by atomic mass is 16.3. The van der Waals surface area contributed by atoms with Gasteiger partial charge in [-0.05, 0) is 22.9 Å². The molecular weight excluding hydrogens is 406 g/mol. The van der Waals surface area contributed by atoms with E-state index < -0.39 is 11.3 Å². The number of anilines is 1. The SMILES string of the molecule is N=c1cc(C(=O)c2ccccc2C(O)=c2ccc3c(c2)CNC=3)c(=N)c2c(N)nc(=O)c1=2. The summed E-state index contributed by atoms with van der Waals surface area (Å²) in [4.78, 5) is 29.0. The molecule has 0 bridgehead atoms. The zero-order valence-corrected chi connectivity index (χ0v) is 16.7. The van der Waals surface area contributed by atoms with Gasteiger partial charge in [-0.3, -0.25) is 15.0 Å². The number of benzene rings is 2. The molecule has 8 heteroatoms. The van der Waals surface area contributed by atoms with Crippen LogP contribution < -0.4 is 37.8 Å². The molecule has 0 aromatic heterocycles. The van der Waals surface area contributed by atoms with Gasteiger partial charge in [0.05, 0.1) is 26.7 Å². The second-order valence-corrected chi connectivity index (χ2v) is 7.56. The fourth-order valence-corrected chi connectivity index (χ4v) is 4.07. The number of nitrogens with zero attached hydrogens (tertiary/aromatic N) is 1. The van der Waals surface area contributed by atoms with Crippen molar-refractivity contribution < 1.29 is 9.90 Å². The van der Waals surface area contributed by atoms with Crippen LogP contribution in [0.2, 0.25) is 0 Å². The van der Waals surface area contributed by atoms with Crippen LogP contribution in [-0.2, 0) is 6.54 Å². The fraction of sp³-hybridized carbons (Fsp3) is 0.0417. The number of nitrogens with two attached hydrogens (primary N) is 1. The molecule has 2 aliphatic heterocycles. The Balaban J connectivity index is 1.73. The van der Waals surface area contributed by atoms with Crippen LogP contribution in [-0.4, -0.2) is 15.9 Å². The van der Waals surface area contributed by atoms with Gasteiger partial charge < -0.3 is 21.6 Å². The van der Waals surface area contributed by atoms with Crippen LogP contribution in [0.15, 0.2) is 53.3 Å². The molecule has 0 unspecified atom stereocenters. The second kappa shape index (κ2) is 6.98. The number of rotatable bonds is 3. The van der Waals surface area contributed by atoms with E-state index in [0.717, 1.165) is 10.8 Å². The number of aromatic nitrogens is 1. The molecule has 0 saturated heterocycles. The normalized spacial score (nSPS) is 13.4. The topological polar surface area (TPSA) is 153 Å². The Morgan fingerprint density at radius 3 is 2.56 bits per heavy atom. The molecule has 2 aromatic rings. The summed E-state index contributed by atoms with van der Waals surface area (Å²) in [5.41, 5.74) is 6.50. The standard InChI is InChI=1S/C24H17N5O3/c25-17-8-16(20(26)19-18(17)24(32)29-23(19)27)22(31)15-4-2-1-3-14(15)21(30)11-5-6-12-9-28-10-13(12)7-11/h1-9,25-26,28,30H,10H2,(H2,27,29,32). The van der Waals surface area contributed by atoms with Crippen molar-refractivity contribution in [2.45, 2.75) is 6.54 Å². The Morgan fingerprint density at radius 2 is 1.78 bits per heavy atom. The van der Waals surface area contributed by atoms with E-state index in [0.29, 0.717) is 17.3 Å². The lowest BCUT2D eigenvalue weighted by molar-refractivity contribution is 0.103. The summed E-state index contributed by atoms with van der Waals surface area (Å²) in [6.07, 6.45) is 1.90. The Bertz CT molecular complexity index is 1780. The van der Waals surface area contributed by atoms with E-state index in [1.165, 1.54) is 6.07 Å². The Kier molecular flexibility index (Phi) is 4.23. The van der Waals surface area contributed by atoms with Gasteiger partial charge in [-0.25, -0.2) is 0 Å². The maximum absolute atomic E-state index is 13.4. The van der Waals surface area contributed by atoms with Crippen molar-refractivity contribution >= 4 is 23.6 Å². The quantitative estimate of drug-likeness (QED) is 0.277. The van der Waals surface area contributed by atoms with Crippen molar-refractivity contribution in [2.75, 3.05) is 5.73 Å². The molecule has 156 valence electrons. The Hall–Kier alpha value is -4.59. The highest BCUT2D eigenvalue weighted by molar-refractivity contribution is 6.11. The van der Waals surface area contributed by atoms with Gasteiger partial charge in [-0.2, -0.15) is 4.98 Å². The predicted molar refractivity (Wildman–Crippen MR) is 116 cm³/mol. The maximum atomic E-state index is 13.4. The van der Waals surface area contributed by atoms with E-state index in [2.05, 4.69) is 10.3 Å². The predicted octanol–water partition coefficient (Wildman–Crippen LogP) is -0.630. The van der Waals surface area contributed by atoms with Crippen molar-refractivity contribution in [2.24, 2.45) is 0 Å². The summed E-state index contributed by atoms with van der Waals surface area (Å²) in [6.45, 7) is 0.655. The van der Waals surface area contributed by atoms with E-state index in [9.17, 15) is 14.7 Å². The number of hydrogen-bond acceptors (Lipinski definition) is 8. The van der Waals surface area contributed by atoms with Crippen molar-refractivity contribution in [1.29, 1.82) is 10.8 Å². The van der Waals surface area contributed by atoms with E-state index >= 15 is 0 Å². The molecule has 0 fully saturated rings. The largest absolute Gasteiger partial charge is 0.507 e. The highest BCUT2D eigenvalue weighted by Crippen LogP contribution is 2.18. The first-order chi connectivity index (χ1) is 15.4. The van der Waals surface area contributed by atoms with Crippen LogP contribution in [0.4, 0.5) is 5.82 Å². The summed E-state index contributed by atoms with van der Waals surface area (Å²) < 4.78 is 0. The van der Waals surface area contributed by atoms with Crippen LogP contribution in [0.25, 0.3) is 12.0 Å². The van der Waals surface area contributed by atoms with Crippen molar-refractivity contribution in [3.63, 3.8) is 0 Å². The molecule has 2 heterocycles. The van der Waals surface area contributed by atoms with Crippen molar-refractivity contribution in [3.8, 4) is 0 Å².